The van der Waals surface area contributed by atoms with Gasteiger partial charge in [0.2, 0.25) is 0 Å². The molecule has 0 unspecified atom stereocenters. The second kappa shape index (κ2) is 2.02. The molecule has 0 atom stereocenters. The van der Waals surface area contributed by atoms with E-state index in [1.807, 2.05) is 6.08 Å². The van der Waals surface area contributed by atoms with Gasteiger partial charge in [-0.2, -0.15) is 0 Å². The first-order valence-corrected chi connectivity index (χ1v) is 2.96. The molecule has 38 valence electrons. The highest BCUT2D eigenvalue weighted by molar-refractivity contribution is 7.98. The third kappa shape index (κ3) is 1.23. The van der Waals surface area contributed by atoms with Crippen LogP contribution in [0.25, 0.3) is 0 Å². The van der Waals surface area contributed by atoms with Gasteiger partial charge in [0.15, 0.2) is 0 Å². The first kappa shape index (κ1) is 4.71. The zero-order chi connectivity index (χ0) is 5.11. The largest absolute Gasteiger partial charge is 0.296 e. The Morgan fingerprint density at radius 2 is 2.71 bits per heavy atom. The first-order chi connectivity index (χ1) is 3.39. The molecule has 7 heavy (non-hydrogen) atoms. The second-order valence-corrected chi connectivity index (χ2v) is 2.01. The van der Waals surface area contributed by atoms with Crippen molar-refractivity contribution in [3.05, 3.63) is 12.2 Å². The molecule has 0 fully saturated rings. The summed E-state index contributed by atoms with van der Waals surface area (Å²) in [4.78, 5) is 10.2. The van der Waals surface area contributed by atoms with Crippen LogP contribution in [-0.2, 0) is 4.79 Å². The topological polar surface area (TPSA) is 29.1 Å². The molecule has 1 aliphatic rings. The van der Waals surface area contributed by atoms with Gasteiger partial charge in [-0.05, 0) is 11.9 Å². The van der Waals surface area contributed by atoms with E-state index in [0.29, 0.717) is 0 Å². The molecule has 0 saturated carbocycles. The molecule has 0 bridgehead atoms. The van der Waals surface area contributed by atoms with Crippen molar-refractivity contribution in [3.63, 3.8) is 0 Å². The molecule has 0 spiro atoms. The lowest BCUT2D eigenvalue weighted by Gasteiger charge is -2.00. The van der Waals surface area contributed by atoms with Crippen molar-refractivity contribution in [2.24, 2.45) is 0 Å². The van der Waals surface area contributed by atoms with Crippen molar-refractivity contribution in [1.82, 2.24) is 4.72 Å². The van der Waals surface area contributed by atoms with Gasteiger partial charge in [0.1, 0.15) is 0 Å². The minimum absolute atomic E-state index is 0.00347. The SMILES string of the molecule is O=C1C=CCSN1. The van der Waals surface area contributed by atoms with Gasteiger partial charge < -0.3 is 0 Å². The fourth-order valence-electron chi connectivity index (χ4n) is 0.350. The number of carbonyl (C=O) groups is 1. The van der Waals surface area contributed by atoms with E-state index in [0.717, 1.165) is 5.75 Å². The monoisotopic (exact) mass is 115 g/mol. The van der Waals surface area contributed by atoms with Crippen molar-refractivity contribution >= 4 is 17.9 Å². The average Bonchev–Trinajstić information content (AvgIpc) is 1.69. The summed E-state index contributed by atoms with van der Waals surface area (Å²) in [7, 11) is 0. The quantitative estimate of drug-likeness (QED) is 0.461. The van der Waals surface area contributed by atoms with E-state index in [-0.39, 0.29) is 5.91 Å². The maximum Gasteiger partial charge on any atom is 0.253 e. The Hall–Kier alpha value is -0.440. The lowest BCUT2D eigenvalue weighted by atomic mass is 10.5. The van der Waals surface area contributed by atoms with Crippen LogP contribution in [0.2, 0.25) is 0 Å². The van der Waals surface area contributed by atoms with Crippen LogP contribution in [-0.4, -0.2) is 11.7 Å². The molecule has 0 radical (unpaired) electrons. The summed E-state index contributed by atoms with van der Waals surface area (Å²) in [6, 6.07) is 0. The molecule has 1 N–H and O–H groups in total. The van der Waals surface area contributed by atoms with Gasteiger partial charge in [-0.25, -0.2) is 0 Å². The van der Waals surface area contributed by atoms with Crippen LogP contribution in [0.15, 0.2) is 12.2 Å². The van der Waals surface area contributed by atoms with Crippen molar-refractivity contribution in [3.8, 4) is 0 Å². The van der Waals surface area contributed by atoms with E-state index in [2.05, 4.69) is 4.72 Å². The Morgan fingerprint density at radius 3 is 3.00 bits per heavy atom. The maximum atomic E-state index is 10.2. The highest BCUT2D eigenvalue weighted by atomic mass is 32.2. The second-order valence-electron chi connectivity index (χ2n) is 1.18. The van der Waals surface area contributed by atoms with Crippen molar-refractivity contribution < 1.29 is 4.79 Å². The molecule has 0 aromatic carbocycles. The summed E-state index contributed by atoms with van der Waals surface area (Å²) in [6.07, 6.45) is 3.38. The zero-order valence-electron chi connectivity index (χ0n) is 3.68. The molecular formula is C4H5NOS. The smallest absolute Gasteiger partial charge is 0.253 e. The lowest BCUT2D eigenvalue weighted by molar-refractivity contribution is -0.114. The van der Waals surface area contributed by atoms with Crippen molar-refractivity contribution in [1.29, 1.82) is 0 Å². The van der Waals surface area contributed by atoms with Crippen LogP contribution >= 0.6 is 11.9 Å². The Labute approximate surface area is 46.1 Å². The predicted molar refractivity (Wildman–Crippen MR) is 29.7 cm³/mol. The molecule has 1 amide bonds. The van der Waals surface area contributed by atoms with Gasteiger partial charge in [-0.15, -0.1) is 0 Å². The van der Waals surface area contributed by atoms with E-state index in [1.165, 1.54) is 18.0 Å². The van der Waals surface area contributed by atoms with Crippen LogP contribution in [0.1, 0.15) is 0 Å². The predicted octanol–water partition coefficient (Wildman–Crippen LogP) is 0.321. The maximum absolute atomic E-state index is 10.2. The number of nitrogens with one attached hydrogen (secondary N) is 1. The van der Waals surface area contributed by atoms with E-state index in [9.17, 15) is 4.79 Å². The van der Waals surface area contributed by atoms with E-state index >= 15 is 0 Å². The summed E-state index contributed by atoms with van der Waals surface area (Å²) in [5, 5.41) is 0. The number of rotatable bonds is 0. The Morgan fingerprint density at radius 1 is 1.86 bits per heavy atom. The van der Waals surface area contributed by atoms with Gasteiger partial charge >= 0.3 is 0 Å². The molecule has 0 aromatic rings. The molecular weight excluding hydrogens is 110 g/mol. The zero-order valence-corrected chi connectivity index (χ0v) is 4.49. The molecule has 0 saturated heterocycles. The summed E-state index contributed by atoms with van der Waals surface area (Å²) < 4.78 is 2.57. The molecule has 2 nitrogen and oxygen atoms in total. The summed E-state index contributed by atoms with van der Waals surface area (Å²) >= 11 is 1.42. The standard InChI is InChI=1S/C4H5NOS/c6-4-2-1-3-7-5-4/h1-2H,3H2,(H,5,6). The fraction of sp³-hybridized carbons (Fsp3) is 0.250. The number of hydrogen-bond donors (Lipinski definition) is 1. The summed E-state index contributed by atoms with van der Waals surface area (Å²) in [5.41, 5.74) is 0. The van der Waals surface area contributed by atoms with Gasteiger partial charge in [0, 0.05) is 11.8 Å². The van der Waals surface area contributed by atoms with Gasteiger partial charge in [0.05, 0.1) is 0 Å². The molecule has 1 aliphatic heterocycles. The number of hydrogen-bond acceptors (Lipinski definition) is 2. The first-order valence-electron chi connectivity index (χ1n) is 1.98. The van der Waals surface area contributed by atoms with Gasteiger partial charge in [0.25, 0.3) is 5.91 Å². The third-order valence-electron chi connectivity index (χ3n) is 0.622. The van der Waals surface area contributed by atoms with Crippen molar-refractivity contribution in [2.75, 3.05) is 5.75 Å². The molecule has 0 aliphatic carbocycles. The van der Waals surface area contributed by atoms with Crippen LogP contribution in [0.5, 0.6) is 0 Å². The minimum Gasteiger partial charge on any atom is -0.296 e. The summed E-state index contributed by atoms with van der Waals surface area (Å²) in [6.45, 7) is 0. The highest BCUT2D eigenvalue weighted by Gasteiger charge is 1.96. The normalized spacial score (nSPS) is 19.1. The molecule has 1 heterocycles. The average molecular weight is 115 g/mol. The molecule has 3 heteroatoms. The Kier molecular flexibility index (Phi) is 1.36. The Balaban J connectivity index is 2.51. The van der Waals surface area contributed by atoms with E-state index < -0.39 is 0 Å². The van der Waals surface area contributed by atoms with Crippen LogP contribution in [0.4, 0.5) is 0 Å². The fourth-order valence-corrected chi connectivity index (χ4v) is 0.836. The molecule has 1 rings (SSSR count). The van der Waals surface area contributed by atoms with Crippen LogP contribution < -0.4 is 4.72 Å². The molecule has 0 aromatic heterocycles. The number of amides is 1. The van der Waals surface area contributed by atoms with E-state index in [1.54, 1.807) is 0 Å². The van der Waals surface area contributed by atoms with Gasteiger partial charge in [-0.1, -0.05) is 6.08 Å². The highest BCUT2D eigenvalue weighted by Crippen LogP contribution is 1.98. The summed E-state index contributed by atoms with van der Waals surface area (Å²) in [5.74, 6) is 0.891. The van der Waals surface area contributed by atoms with Crippen molar-refractivity contribution in [2.45, 2.75) is 0 Å². The minimum atomic E-state index is -0.00347. The lowest BCUT2D eigenvalue weighted by Crippen LogP contribution is -2.15. The van der Waals surface area contributed by atoms with Gasteiger partial charge in [-0.3, -0.25) is 9.52 Å². The van der Waals surface area contributed by atoms with E-state index in [4.69, 9.17) is 0 Å². The Bertz CT molecular complexity index is 110. The third-order valence-corrected chi connectivity index (χ3v) is 1.33. The number of carbonyl (C=O) groups excluding carboxylic acids is 1. The van der Waals surface area contributed by atoms with Crippen LogP contribution in [0, 0.1) is 0 Å². The van der Waals surface area contributed by atoms with Crippen LogP contribution in [0.3, 0.4) is 0 Å².